The molecule has 19 heavy (non-hydrogen) atoms. The number of furan rings is 1. The van der Waals surface area contributed by atoms with E-state index in [9.17, 15) is 9.90 Å². The number of fused-ring (bicyclic) bond motifs is 1. The summed E-state index contributed by atoms with van der Waals surface area (Å²) < 4.78 is 6.98. The number of rotatable bonds is 2. The molecule has 0 saturated heterocycles. The molecule has 2 heterocycles. The zero-order valence-corrected chi connectivity index (χ0v) is 13.6. The molecule has 0 amide bonds. The molecule has 0 saturated carbocycles. The van der Waals surface area contributed by atoms with Crippen LogP contribution in [0, 0.1) is 0 Å². The molecule has 7 heteroatoms. The van der Waals surface area contributed by atoms with Crippen LogP contribution in [0.4, 0.5) is 0 Å². The number of hydrogen-bond donors (Lipinski definition) is 1. The molecule has 0 spiro atoms. The van der Waals surface area contributed by atoms with E-state index in [-0.39, 0.29) is 0 Å². The summed E-state index contributed by atoms with van der Waals surface area (Å²) in [6.07, 6.45) is 2.47. The summed E-state index contributed by atoms with van der Waals surface area (Å²) in [5.41, 5.74) is 0.711. The van der Waals surface area contributed by atoms with Gasteiger partial charge in [0.25, 0.3) is 0 Å². The molecule has 0 fully saturated rings. The van der Waals surface area contributed by atoms with Gasteiger partial charge in [0.15, 0.2) is 15.4 Å². The number of halogens is 2. The quantitative estimate of drug-likeness (QED) is 0.800. The smallest absolute Gasteiger partial charge is 0.312 e. The molecular weight excluding hydrogens is 398 g/mol. The fraction of sp³-hybridized carbons (Fsp3) is 0.333. The summed E-state index contributed by atoms with van der Waals surface area (Å²) in [5.74, 6) is -0.613. The second kappa shape index (κ2) is 5.03. The molecule has 1 N–H and O–H groups in total. The lowest BCUT2D eigenvalue weighted by Gasteiger charge is -2.16. The molecule has 0 bridgehead atoms. The van der Waals surface area contributed by atoms with Crippen molar-refractivity contribution >= 4 is 49.2 Å². The van der Waals surface area contributed by atoms with Gasteiger partial charge in [0.05, 0.1) is 10.2 Å². The number of aromatic nitrogens is 1. The number of carbonyl (C=O) groups is 1. The third-order valence-corrected chi connectivity index (χ3v) is 5.96. The molecule has 3 rings (SSSR count). The van der Waals surface area contributed by atoms with Crippen molar-refractivity contribution in [3.63, 3.8) is 0 Å². The minimum absolute atomic E-state index is 0.476. The van der Waals surface area contributed by atoms with E-state index in [1.165, 1.54) is 11.3 Å². The van der Waals surface area contributed by atoms with E-state index >= 15 is 0 Å². The molecule has 1 aliphatic carbocycles. The molecule has 0 aromatic carbocycles. The van der Waals surface area contributed by atoms with Crippen LogP contribution < -0.4 is 0 Å². The van der Waals surface area contributed by atoms with Gasteiger partial charge in [-0.15, -0.1) is 11.3 Å². The van der Waals surface area contributed by atoms with Gasteiger partial charge >= 0.3 is 5.97 Å². The molecule has 2 aromatic rings. The van der Waals surface area contributed by atoms with Gasteiger partial charge in [0, 0.05) is 10.9 Å². The van der Waals surface area contributed by atoms with E-state index in [1.54, 1.807) is 0 Å². The molecule has 4 nitrogen and oxygen atoms in total. The Morgan fingerprint density at radius 1 is 1.53 bits per heavy atom. The first-order chi connectivity index (χ1) is 9.06. The summed E-state index contributed by atoms with van der Waals surface area (Å²) in [4.78, 5) is 16.8. The van der Waals surface area contributed by atoms with Crippen molar-refractivity contribution < 1.29 is 14.3 Å². The lowest BCUT2D eigenvalue weighted by Crippen LogP contribution is -2.17. The third kappa shape index (κ3) is 2.39. The van der Waals surface area contributed by atoms with Gasteiger partial charge < -0.3 is 9.52 Å². The molecule has 1 atom stereocenters. The summed E-state index contributed by atoms with van der Waals surface area (Å²) in [6.45, 7) is 0. The van der Waals surface area contributed by atoms with Gasteiger partial charge in [-0.1, -0.05) is 0 Å². The fourth-order valence-electron chi connectivity index (χ4n) is 2.22. The van der Waals surface area contributed by atoms with Crippen LogP contribution in [-0.2, 0) is 11.2 Å². The normalized spacial score (nSPS) is 18.3. The Bertz CT molecular complexity index is 630. The van der Waals surface area contributed by atoms with Crippen LogP contribution in [0.5, 0.6) is 0 Å². The van der Waals surface area contributed by atoms with Gasteiger partial charge in [-0.05, 0) is 51.1 Å². The topological polar surface area (TPSA) is 63.3 Å². The Morgan fingerprint density at radius 2 is 2.32 bits per heavy atom. The average Bonchev–Trinajstić information content (AvgIpc) is 2.93. The minimum Gasteiger partial charge on any atom is -0.481 e. The Balaban J connectivity index is 2.04. The second-order valence-corrected chi connectivity index (χ2v) is 7.00. The molecule has 0 radical (unpaired) electrons. The number of hydrogen-bond acceptors (Lipinski definition) is 4. The Labute approximate surface area is 130 Å². The summed E-state index contributed by atoms with van der Waals surface area (Å²) in [6, 6.07) is 1.84. The van der Waals surface area contributed by atoms with E-state index in [0.29, 0.717) is 22.5 Å². The van der Waals surface area contributed by atoms with Crippen molar-refractivity contribution in [3.05, 3.63) is 25.8 Å². The number of thiazole rings is 1. The molecule has 100 valence electrons. The summed E-state index contributed by atoms with van der Waals surface area (Å²) in [7, 11) is 0. The maximum Gasteiger partial charge on any atom is 0.312 e. The first-order valence-electron chi connectivity index (χ1n) is 5.74. The van der Waals surface area contributed by atoms with Crippen LogP contribution in [0.2, 0.25) is 0 Å². The highest BCUT2D eigenvalue weighted by Gasteiger charge is 2.30. The maximum absolute atomic E-state index is 11.2. The van der Waals surface area contributed by atoms with Gasteiger partial charge in [-0.2, -0.15) is 0 Å². The molecule has 2 aromatic heterocycles. The van der Waals surface area contributed by atoms with Crippen LogP contribution >= 0.6 is 43.2 Å². The highest BCUT2D eigenvalue weighted by molar-refractivity contribution is 9.13. The van der Waals surface area contributed by atoms with Crippen LogP contribution in [-0.4, -0.2) is 16.1 Å². The summed E-state index contributed by atoms with van der Waals surface area (Å²) in [5, 5.41) is 9.98. The second-order valence-electron chi connectivity index (χ2n) is 4.34. The first kappa shape index (κ1) is 13.3. The Morgan fingerprint density at radius 3 is 2.95 bits per heavy atom. The summed E-state index contributed by atoms with van der Waals surface area (Å²) >= 11 is 8.17. The van der Waals surface area contributed by atoms with Crippen molar-refractivity contribution in [2.45, 2.75) is 25.2 Å². The maximum atomic E-state index is 11.2. The molecule has 1 unspecified atom stereocenters. The molecular formula is C12H9Br2NO3S. The highest BCUT2D eigenvalue weighted by Crippen LogP contribution is 2.40. The zero-order valence-electron chi connectivity index (χ0n) is 9.65. The molecule has 1 aliphatic rings. The van der Waals surface area contributed by atoms with Gasteiger partial charge in [-0.25, -0.2) is 4.98 Å². The largest absolute Gasteiger partial charge is 0.481 e. The van der Waals surface area contributed by atoms with Crippen LogP contribution in [0.3, 0.4) is 0 Å². The minimum atomic E-state index is -0.792. The lowest BCUT2D eigenvalue weighted by molar-refractivity contribution is -0.139. The number of carboxylic acid groups (broad SMARTS) is 1. The van der Waals surface area contributed by atoms with E-state index < -0.39 is 11.9 Å². The van der Waals surface area contributed by atoms with Crippen molar-refractivity contribution in [3.8, 4) is 10.8 Å². The average molecular weight is 407 g/mol. The highest BCUT2D eigenvalue weighted by atomic mass is 79.9. The van der Waals surface area contributed by atoms with E-state index in [4.69, 9.17) is 4.42 Å². The standard InChI is InChI=1S/C12H9Br2NO3S/c13-6-4-7(18-10(6)14)11-15-9-5(12(16)17)2-1-3-8(9)19-11/h4-5H,1-3H2,(H,16,17). The van der Waals surface area contributed by atoms with Crippen molar-refractivity contribution in [1.29, 1.82) is 0 Å². The van der Waals surface area contributed by atoms with E-state index in [1.807, 2.05) is 6.07 Å². The van der Waals surface area contributed by atoms with Crippen LogP contribution in [0.25, 0.3) is 10.8 Å². The monoisotopic (exact) mass is 405 g/mol. The third-order valence-electron chi connectivity index (χ3n) is 3.11. The fourth-order valence-corrected chi connectivity index (χ4v) is 3.91. The van der Waals surface area contributed by atoms with E-state index in [2.05, 4.69) is 36.8 Å². The van der Waals surface area contributed by atoms with Gasteiger partial charge in [0.1, 0.15) is 5.92 Å². The number of aryl methyl sites for hydroxylation is 1. The SMILES string of the molecule is O=C(O)C1CCCc2sc(-c3cc(Br)c(Br)o3)nc21. The van der Waals surface area contributed by atoms with Crippen molar-refractivity contribution in [1.82, 2.24) is 4.98 Å². The Hall–Kier alpha value is -0.660. The predicted octanol–water partition coefficient (Wildman–Crippen LogP) is 4.43. The van der Waals surface area contributed by atoms with E-state index in [0.717, 1.165) is 27.2 Å². The zero-order chi connectivity index (χ0) is 13.6. The van der Waals surface area contributed by atoms with Crippen LogP contribution in [0.15, 0.2) is 19.6 Å². The molecule has 0 aliphatic heterocycles. The lowest BCUT2D eigenvalue weighted by atomic mass is 9.91. The van der Waals surface area contributed by atoms with Gasteiger partial charge in [0.2, 0.25) is 0 Å². The number of nitrogens with zero attached hydrogens (tertiary/aromatic N) is 1. The number of carboxylic acids is 1. The van der Waals surface area contributed by atoms with Crippen molar-refractivity contribution in [2.75, 3.05) is 0 Å². The first-order valence-corrected chi connectivity index (χ1v) is 8.14. The number of aliphatic carboxylic acids is 1. The Kier molecular flexibility index (Phi) is 3.53. The predicted molar refractivity (Wildman–Crippen MR) is 78.5 cm³/mol. The van der Waals surface area contributed by atoms with Crippen LogP contribution in [0.1, 0.15) is 29.3 Å². The van der Waals surface area contributed by atoms with Gasteiger partial charge in [-0.3, -0.25) is 4.79 Å². The van der Waals surface area contributed by atoms with Crippen molar-refractivity contribution in [2.24, 2.45) is 0 Å².